The van der Waals surface area contributed by atoms with Crippen molar-refractivity contribution in [3.8, 4) is 11.1 Å². The third-order valence-electron chi connectivity index (χ3n) is 4.84. The van der Waals surface area contributed by atoms with E-state index in [9.17, 15) is 4.79 Å². The largest absolute Gasteiger partial charge is 0.324 e. The number of carbonyl (C=O) groups excluding carboxylic acids is 1. The monoisotopic (exact) mass is 307 g/mol. The molecular weight excluding hydrogens is 286 g/mol. The molecule has 0 saturated carbocycles. The molecule has 4 heteroatoms. The van der Waals surface area contributed by atoms with Gasteiger partial charge in [0.2, 0.25) is 0 Å². The summed E-state index contributed by atoms with van der Waals surface area (Å²) in [5, 5.41) is 0. The molecule has 0 radical (unpaired) electrons. The lowest BCUT2D eigenvalue weighted by Gasteiger charge is -2.38. The quantitative estimate of drug-likeness (QED) is 0.748. The van der Waals surface area contributed by atoms with Crippen LogP contribution in [0.15, 0.2) is 48.5 Å². The third-order valence-corrected chi connectivity index (χ3v) is 4.84. The summed E-state index contributed by atoms with van der Waals surface area (Å²) in [7, 11) is 2.11. The zero-order valence-electron chi connectivity index (χ0n) is 13.4. The molecule has 23 heavy (non-hydrogen) atoms. The Morgan fingerprint density at radius 3 is 2.30 bits per heavy atom. The Kier molecular flexibility index (Phi) is 3.54. The second-order valence-electron chi connectivity index (χ2n) is 6.33. The summed E-state index contributed by atoms with van der Waals surface area (Å²) in [5.41, 5.74) is 4.63. The van der Waals surface area contributed by atoms with Crippen LogP contribution in [0.4, 0.5) is 10.5 Å². The van der Waals surface area contributed by atoms with Crippen LogP contribution in [0.5, 0.6) is 0 Å². The van der Waals surface area contributed by atoms with Crippen molar-refractivity contribution in [2.75, 3.05) is 38.1 Å². The summed E-state index contributed by atoms with van der Waals surface area (Å²) >= 11 is 0. The number of hydrogen-bond acceptors (Lipinski definition) is 2. The predicted octanol–water partition coefficient (Wildman–Crippen LogP) is 3.04. The molecule has 1 saturated heterocycles. The lowest BCUT2D eigenvalue weighted by molar-refractivity contribution is 0.159. The number of nitrogens with zero attached hydrogens (tertiary/aromatic N) is 3. The predicted molar refractivity (Wildman–Crippen MR) is 92.5 cm³/mol. The first-order valence-corrected chi connectivity index (χ1v) is 8.16. The van der Waals surface area contributed by atoms with Gasteiger partial charge in [0.05, 0.1) is 12.2 Å². The Morgan fingerprint density at radius 1 is 0.870 bits per heavy atom. The molecule has 2 heterocycles. The highest BCUT2D eigenvalue weighted by molar-refractivity contribution is 5.99. The van der Waals surface area contributed by atoms with E-state index in [0.717, 1.165) is 37.4 Å². The summed E-state index contributed by atoms with van der Waals surface area (Å²) in [6.45, 7) is 4.14. The Hall–Kier alpha value is -2.33. The molecule has 2 aromatic rings. The van der Waals surface area contributed by atoms with Crippen LogP contribution < -0.4 is 4.90 Å². The lowest BCUT2D eigenvalue weighted by atomic mass is 9.93. The van der Waals surface area contributed by atoms with Gasteiger partial charge < -0.3 is 9.80 Å². The van der Waals surface area contributed by atoms with Crippen molar-refractivity contribution in [2.24, 2.45) is 0 Å². The number of fused-ring (bicyclic) bond motifs is 3. The number of piperazine rings is 1. The topological polar surface area (TPSA) is 26.8 Å². The van der Waals surface area contributed by atoms with Gasteiger partial charge in [-0.15, -0.1) is 0 Å². The van der Waals surface area contributed by atoms with Gasteiger partial charge in [-0.25, -0.2) is 4.79 Å². The number of amides is 2. The van der Waals surface area contributed by atoms with Crippen LogP contribution in [0.2, 0.25) is 0 Å². The van der Waals surface area contributed by atoms with E-state index >= 15 is 0 Å². The normalized spacial score (nSPS) is 17.6. The van der Waals surface area contributed by atoms with Crippen LogP contribution in [0, 0.1) is 0 Å². The van der Waals surface area contributed by atoms with Crippen LogP contribution in [-0.4, -0.2) is 49.1 Å². The highest BCUT2D eigenvalue weighted by Gasteiger charge is 2.30. The molecule has 0 N–H and O–H groups in total. The number of benzene rings is 2. The second-order valence-corrected chi connectivity index (χ2v) is 6.33. The molecule has 1 fully saturated rings. The molecule has 118 valence electrons. The first-order chi connectivity index (χ1) is 11.2. The van der Waals surface area contributed by atoms with Gasteiger partial charge in [0.1, 0.15) is 0 Å². The summed E-state index contributed by atoms with van der Waals surface area (Å²) < 4.78 is 0. The maximum absolute atomic E-state index is 13.1. The van der Waals surface area contributed by atoms with Gasteiger partial charge in [-0.2, -0.15) is 0 Å². The number of likely N-dealkylation sites (N-methyl/N-ethyl adjacent to an activating group) is 1. The summed E-state index contributed by atoms with van der Waals surface area (Å²) in [6, 6.07) is 16.7. The van der Waals surface area contributed by atoms with Crippen molar-refractivity contribution in [3.63, 3.8) is 0 Å². The van der Waals surface area contributed by atoms with Crippen molar-refractivity contribution in [2.45, 2.75) is 6.54 Å². The SMILES string of the molecule is CN1CCN(C(=O)N2Cc3ccccc3-c3ccccc32)CC1. The van der Waals surface area contributed by atoms with E-state index in [1.165, 1.54) is 11.1 Å². The Balaban J connectivity index is 1.69. The standard InChI is InChI=1S/C19H21N3O/c1-20-10-12-21(13-11-20)19(23)22-14-15-6-2-3-7-16(15)17-8-4-5-9-18(17)22/h2-9H,10-14H2,1H3. The summed E-state index contributed by atoms with van der Waals surface area (Å²) in [6.07, 6.45) is 0. The molecule has 2 amide bonds. The minimum absolute atomic E-state index is 0.125. The molecule has 2 aliphatic rings. The Morgan fingerprint density at radius 2 is 1.52 bits per heavy atom. The van der Waals surface area contributed by atoms with Crippen molar-refractivity contribution >= 4 is 11.7 Å². The minimum Gasteiger partial charge on any atom is -0.322 e. The van der Waals surface area contributed by atoms with E-state index in [4.69, 9.17) is 0 Å². The molecule has 4 rings (SSSR count). The van der Waals surface area contributed by atoms with E-state index in [-0.39, 0.29) is 6.03 Å². The van der Waals surface area contributed by atoms with E-state index in [2.05, 4.69) is 42.3 Å². The van der Waals surface area contributed by atoms with Gasteiger partial charge in [-0.05, 0) is 24.2 Å². The highest BCUT2D eigenvalue weighted by atomic mass is 16.2. The van der Waals surface area contributed by atoms with Gasteiger partial charge >= 0.3 is 6.03 Å². The molecule has 2 aliphatic heterocycles. The third kappa shape index (κ3) is 2.49. The van der Waals surface area contributed by atoms with Crippen LogP contribution in [0.3, 0.4) is 0 Å². The van der Waals surface area contributed by atoms with Gasteiger partial charge in [0, 0.05) is 31.7 Å². The Bertz CT molecular complexity index is 735. The average Bonchev–Trinajstić information content (AvgIpc) is 2.61. The summed E-state index contributed by atoms with van der Waals surface area (Å²) in [4.78, 5) is 19.2. The number of anilines is 1. The molecule has 2 aromatic carbocycles. The fourth-order valence-electron chi connectivity index (χ4n) is 3.45. The molecule has 0 aromatic heterocycles. The van der Waals surface area contributed by atoms with Crippen LogP contribution in [0.25, 0.3) is 11.1 Å². The zero-order valence-corrected chi connectivity index (χ0v) is 13.4. The fourth-order valence-corrected chi connectivity index (χ4v) is 3.45. The van der Waals surface area contributed by atoms with Crippen molar-refractivity contribution in [1.82, 2.24) is 9.80 Å². The van der Waals surface area contributed by atoms with Crippen molar-refractivity contribution in [3.05, 3.63) is 54.1 Å². The molecule has 0 bridgehead atoms. The maximum atomic E-state index is 13.1. The first kappa shape index (κ1) is 14.3. The van der Waals surface area contributed by atoms with E-state index in [1.807, 2.05) is 28.0 Å². The molecule has 0 unspecified atom stereocenters. The summed E-state index contributed by atoms with van der Waals surface area (Å²) in [5.74, 6) is 0. The van der Waals surface area contributed by atoms with Gasteiger partial charge in [0.25, 0.3) is 0 Å². The minimum atomic E-state index is 0.125. The number of hydrogen-bond donors (Lipinski definition) is 0. The highest BCUT2D eigenvalue weighted by Crippen LogP contribution is 2.39. The van der Waals surface area contributed by atoms with E-state index in [1.54, 1.807) is 0 Å². The van der Waals surface area contributed by atoms with Crippen LogP contribution in [0.1, 0.15) is 5.56 Å². The first-order valence-electron chi connectivity index (χ1n) is 8.16. The van der Waals surface area contributed by atoms with Crippen molar-refractivity contribution in [1.29, 1.82) is 0 Å². The molecule has 4 nitrogen and oxygen atoms in total. The van der Waals surface area contributed by atoms with Gasteiger partial charge in [-0.3, -0.25) is 4.90 Å². The fraction of sp³-hybridized carbons (Fsp3) is 0.316. The van der Waals surface area contributed by atoms with Gasteiger partial charge in [0.15, 0.2) is 0 Å². The Labute approximate surface area is 136 Å². The zero-order chi connectivity index (χ0) is 15.8. The number of rotatable bonds is 0. The lowest BCUT2D eigenvalue weighted by Crippen LogP contribution is -2.52. The number of urea groups is 1. The van der Waals surface area contributed by atoms with Crippen LogP contribution in [-0.2, 0) is 6.54 Å². The number of para-hydroxylation sites is 1. The molecular formula is C19H21N3O. The van der Waals surface area contributed by atoms with E-state index < -0.39 is 0 Å². The number of carbonyl (C=O) groups is 1. The van der Waals surface area contributed by atoms with Crippen molar-refractivity contribution < 1.29 is 4.79 Å². The maximum Gasteiger partial charge on any atom is 0.324 e. The second kappa shape index (κ2) is 5.70. The molecule has 0 aliphatic carbocycles. The molecule has 0 atom stereocenters. The molecule has 0 spiro atoms. The smallest absolute Gasteiger partial charge is 0.322 e. The van der Waals surface area contributed by atoms with Gasteiger partial charge in [-0.1, -0.05) is 42.5 Å². The van der Waals surface area contributed by atoms with Crippen LogP contribution >= 0.6 is 0 Å². The average molecular weight is 307 g/mol. The van der Waals surface area contributed by atoms with E-state index in [0.29, 0.717) is 6.54 Å².